The number of rotatable bonds is 2. The van der Waals surface area contributed by atoms with E-state index in [0.29, 0.717) is 5.92 Å². The van der Waals surface area contributed by atoms with Crippen LogP contribution in [0.5, 0.6) is 0 Å². The molecule has 1 rings (SSSR count). The fraction of sp³-hybridized carbons (Fsp3) is 0.444. The van der Waals surface area contributed by atoms with Gasteiger partial charge in [0.05, 0.1) is 5.02 Å². The van der Waals surface area contributed by atoms with E-state index in [0.717, 1.165) is 15.6 Å². The predicted molar refractivity (Wildman–Crippen MR) is 55.1 cm³/mol. The molecule has 1 aromatic heterocycles. The molecule has 0 aliphatic rings. The predicted octanol–water partition coefficient (Wildman–Crippen LogP) is 3.58. The van der Waals surface area contributed by atoms with E-state index in [1.807, 2.05) is 6.26 Å². The van der Waals surface area contributed by atoms with Gasteiger partial charge in [-0.25, -0.2) is 0 Å². The van der Waals surface area contributed by atoms with E-state index in [-0.39, 0.29) is 0 Å². The summed E-state index contributed by atoms with van der Waals surface area (Å²) in [6.07, 6.45) is 3.74. The monoisotopic (exact) mass is 201 g/mol. The van der Waals surface area contributed by atoms with Crippen molar-refractivity contribution in [2.24, 2.45) is 0 Å². The molecule has 0 amide bonds. The van der Waals surface area contributed by atoms with Crippen molar-refractivity contribution in [3.8, 4) is 0 Å². The van der Waals surface area contributed by atoms with Gasteiger partial charge in [0.15, 0.2) is 0 Å². The Morgan fingerprint density at radius 1 is 1.50 bits per heavy atom. The minimum atomic E-state index is 0.466. The Balaban J connectivity index is 3.05. The first kappa shape index (κ1) is 9.87. The fourth-order valence-electron chi connectivity index (χ4n) is 0.908. The smallest absolute Gasteiger partial charge is 0.0725 e. The number of hydrogen-bond acceptors (Lipinski definition) is 2. The van der Waals surface area contributed by atoms with E-state index in [9.17, 15) is 0 Å². The number of halogens is 1. The summed E-state index contributed by atoms with van der Waals surface area (Å²) in [7, 11) is 0. The maximum Gasteiger partial charge on any atom is 0.0725 e. The molecule has 0 aromatic carbocycles. The van der Waals surface area contributed by atoms with Crippen molar-refractivity contribution < 1.29 is 0 Å². The van der Waals surface area contributed by atoms with E-state index in [4.69, 9.17) is 11.6 Å². The topological polar surface area (TPSA) is 12.9 Å². The molecule has 1 aromatic rings. The Morgan fingerprint density at radius 3 is 2.67 bits per heavy atom. The van der Waals surface area contributed by atoms with Gasteiger partial charge in [-0.15, -0.1) is 11.8 Å². The number of aromatic nitrogens is 1. The Morgan fingerprint density at radius 2 is 2.17 bits per heavy atom. The highest BCUT2D eigenvalue weighted by Gasteiger charge is 2.04. The van der Waals surface area contributed by atoms with Crippen LogP contribution < -0.4 is 0 Å². The number of thioether (sulfide) groups is 1. The quantitative estimate of drug-likeness (QED) is 0.679. The summed E-state index contributed by atoms with van der Waals surface area (Å²) in [5.74, 6) is 0.466. The molecule has 0 saturated heterocycles. The zero-order valence-electron chi connectivity index (χ0n) is 7.47. The Labute approximate surface area is 82.5 Å². The first-order valence-corrected chi connectivity index (χ1v) is 5.45. The Bertz CT molecular complexity index is 273. The summed E-state index contributed by atoms with van der Waals surface area (Å²) >= 11 is 7.57. The van der Waals surface area contributed by atoms with Crippen molar-refractivity contribution in [2.45, 2.75) is 24.7 Å². The molecular formula is C9H12ClNS. The molecule has 66 valence electrons. The minimum absolute atomic E-state index is 0.466. The molecule has 12 heavy (non-hydrogen) atoms. The summed E-state index contributed by atoms with van der Waals surface area (Å²) in [5, 5.41) is 0.743. The number of hydrogen-bond donors (Lipinski definition) is 0. The molecule has 0 saturated carbocycles. The molecule has 0 radical (unpaired) electrons. The van der Waals surface area contributed by atoms with E-state index in [1.165, 1.54) is 0 Å². The van der Waals surface area contributed by atoms with E-state index in [2.05, 4.69) is 24.9 Å². The summed E-state index contributed by atoms with van der Waals surface area (Å²) < 4.78 is 0. The maximum atomic E-state index is 5.92. The summed E-state index contributed by atoms with van der Waals surface area (Å²) in [6.45, 7) is 4.25. The zero-order valence-corrected chi connectivity index (χ0v) is 9.04. The molecule has 0 atom stereocenters. The largest absolute Gasteiger partial charge is 0.259 e. The van der Waals surface area contributed by atoms with Crippen LogP contribution in [0.2, 0.25) is 5.02 Å². The van der Waals surface area contributed by atoms with Gasteiger partial charge in [-0.3, -0.25) is 4.98 Å². The molecule has 1 nitrogen and oxygen atoms in total. The van der Waals surface area contributed by atoms with Crippen LogP contribution >= 0.6 is 23.4 Å². The summed E-state index contributed by atoms with van der Waals surface area (Å²) in [4.78, 5) is 5.35. The van der Waals surface area contributed by atoms with Gasteiger partial charge >= 0.3 is 0 Å². The molecule has 3 heteroatoms. The first-order chi connectivity index (χ1) is 5.65. The summed E-state index contributed by atoms with van der Waals surface area (Å²) in [6, 6.07) is 2.05. The highest BCUT2D eigenvalue weighted by atomic mass is 35.5. The molecular weight excluding hydrogens is 190 g/mol. The second kappa shape index (κ2) is 4.15. The Hall–Kier alpha value is -0.210. The summed E-state index contributed by atoms with van der Waals surface area (Å²) in [5.41, 5.74) is 1.10. The van der Waals surface area contributed by atoms with Gasteiger partial charge in [-0.05, 0) is 18.2 Å². The van der Waals surface area contributed by atoms with Gasteiger partial charge in [0.25, 0.3) is 0 Å². The van der Waals surface area contributed by atoms with Gasteiger partial charge < -0.3 is 0 Å². The lowest BCUT2D eigenvalue weighted by Gasteiger charge is -2.06. The third kappa shape index (κ3) is 2.14. The lowest BCUT2D eigenvalue weighted by Crippen LogP contribution is -1.92. The molecule has 0 unspecified atom stereocenters. The highest BCUT2D eigenvalue weighted by molar-refractivity contribution is 7.98. The third-order valence-electron chi connectivity index (χ3n) is 1.65. The lowest BCUT2D eigenvalue weighted by atomic mass is 10.1. The average Bonchev–Trinajstić information content (AvgIpc) is 2.05. The maximum absolute atomic E-state index is 5.92. The van der Waals surface area contributed by atoms with Gasteiger partial charge in [-0.1, -0.05) is 25.4 Å². The fourth-order valence-corrected chi connectivity index (χ4v) is 1.73. The van der Waals surface area contributed by atoms with Crippen LogP contribution in [0.3, 0.4) is 0 Å². The van der Waals surface area contributed by atoms with E-state index >= 15 is 0 Å². The van der Waals surface area contributed by atoms with Crippen molar-refractivity contribution in [3.05, 3.63) is 23.0 Å². The van der Waals surface area contributed by atoms with Crippen LogP contribution in [0.4, 0.5) is 0 Å². The standard InChI is InChI=1S/C9H12ClNS/c1-6(2)8-4-9(12-3)7(10)5-11-8/h4-6H,1-3H3. The van der Waals surface area contributed by atoms with Crippen LogP contribution in [0.25, 0.3) is 0 Å². The molecule has 0 N–H and O–H groups in total. The minimum Gasteiger partial charge on any atom is -0.259 e. The second-order valence-electron chi connectivity index (χ2n) is 2.90. The normalized spacial score (nSPS) is 10.8. The number of nitrogens with zero attached hydrogens (tertiary/aromatic N) is 1. The van der Waals surface area contributed by atoms with Crippen LogP contribution in [0.15, 0.2) is 17.2 Å². The van der Waals surface area contributed by atoms with Gasteiger partial charge in [0.2, 0.25) is 0 Å². The van der Waals surface area contributed by atoms with E-state index < -0.39 is 0 Å². The molecule has 0 aliphatic heterocycles. The Kier molecular flexibility index (Phi) is 3.41. The number of pyridine rings is 1. The zero-order chi connectivity index (χ0) is 9.14. The van der Waals surface area contributed by atoms with Crippen LogP contribution in [-0.2, 0) is 0 Å². The van der Waals surface area contributed by atoms with Crippen molar-refractivity contribution >= 4 is 23.4 Å². The van der Waals surface area contributed by atoms with Crippen LogP contribution in [0, 0.1) is 0 Å². The molecule has 0 bridgehead atoms. The van der Waals surface area contributed by atoms with Gasteiger partial charge in [-0.2, -0.15) is 0 Å². The molecule has 0 spiro atoms. The van der Waals surface area contributed by atoms with Crippen LogP contribution in [-0.4, -0.2) is 11.2 Å². The molecule has 0 aliphatic carbocycles. The van der Waals surface area contributed by atoms with Crippen molar-refractivity contribution in [1.29, 1.82) is 0 Å². The first-order valence-electron chi connectivity index (χ1n) is 3.84. The van der Waals surface area contributed by atoms with Gasteiger partial charge in [0.1, 0.15) is 0 Å². The second-order valence-corrected chi connectivity index (χ2v) is 4.15. The SMILES string of the molecule is CSc1cc(C(C)C)ncc1Cl. The van der Waals surface area contributed by atoms with Crippen LogP contribution in [0.1, 0.15) is 25.5 Å². The lowest BCUT2D eigenvalue weighted by molar-refractivity contribution is 0.817. The highest BCUT2D eigenvalue weighted by Crippen LogP contribution is 2.26. The van der Waals surface area contributed by atoms with E-state index in [1.54, 1.807) is 18.0 Å². The molecule has 0 fully saturated rings. The van der Waals surface area contributed by atoms with Crippen molar-refractivity contribution in [2.75, 3.05) is 6.26 Å². The van der Waals surface area contributed by atoms with Crippen molar-refractivity contribution in [3.63, 3.8) is 0 Å². The average molecular weight is 202 g/mol. The molecule has 1 heterocycles. The van der Waals surface area contributed by atoms with Gasteiger partial charge in [0, 0.05) is 16.8 Å². The van der Waals surface area contributed by atoms with Crippen molar-refractivity contribution in [1.82, 2.24) is 4.98 Å². The third-order valence-corrected chi connectivity index (χ3v) is 2.84.